The van der Waals surface area contributed by atoms with Gasteiger partial charge in [0.05, 0.1) is 10.6 Å². The summed E-state index contributed by atoms with van der Waals surface area (Å²) < 4.78 is 43.2. The van der Waals surface area contributed by atoms with Gasteiger partial charge >= 0.3 is 6.03 Å². The van der Waals surface area contributed by atoms with Crippen molar-refractivity contribution in [3.05, 3.63) is 44.7 Å². The van der Waals surface area contributed by atoms with Crippen LogP contribution in [0.1, 0.15) is 16.8 Å². The number of nitriles is 1. The number of urea groups is 1. The van der Waals surface area contributed by atoms with Crippen molar-refractivity contribution in [2.45, 2.75) is 18.7 Å². The minimum Gasteiger partial charge on any atom is -0.454 e. The van der Waals surface area contributed by atoms with E-state index in [1.807, 2.05) is 10.8 Å². The van der Waals surface area contributed by atoms with E-state index in [9.17, 15) is 18.5 Å². The van der Waals surface area contributed by atoms with E-state index in [2.05, 4.69) is 5.16 Å². The van der Waals surface area contributed by atoms with Gasteiger partial charge in [-0.15, -0.1) is 0 Å². The molecule has 3 heterocycles. The number of halogens is 1. The summed E-state index contributed by atoms with van der Waals surface area (Å²) in [6.07, 6.45) is 0. The summed E-state index contributed by atoms with van der Waals surface area (Å²) in [6.45, 7) is 3.06. The topological polar surface area (TPSA) is 135 Å². The van der Waals surface area contributed by atoms with Gasteiger partial charge < -0.3 is 14.0 Å². The maximum Gasteiger partial charge on any atom is 0.342 e. The van der Waals surface area contributed by atoms with Crippen LogP contribution in [0.15, 0.2) is 32.3 Å². The fraction of sp³-hybridized carbons (Fsp3) is 0.167. The largest absolute Gasteiger partial charge is 0.454 e. The van der Waals surface area contributed by atoms with E-state index in [0.717, 1.165) is 16.2 Å². The zero-order valence-electron chi connectivity index (χ0n) is 16.0. The van der Waals surface area contributed by atoms with Crippen LogP contribution in [0.2, 0.25) is 5.02 Å². The van der Waals surface area contributed by atoms with E-state index in [-0.39, 0.29) is 45.3 Å². The number of nitrogens with one attached hydrogen (secondary N) is 1. The third-order valence-corrected chi connectivity index (χ3v) is 6.96. The Morgan fingerprint density at radius 3 is 2.77 bits per heavy atom. The van der Waals surface area contributed by atoms with E-state index >= 15 is 0 Å². The summed E-state index contributed by atoms with van der Waals surface area (Å²) in [6, 6.07) is 3.77. The number of hydrogen-bond donors (Lipinski definition) is 1. The van der Waals surface area contributed by atoms with Crippen LogP contribution in [0.25, 0.3) is 0 Å². The van der Waals surface area contributed by atoms with Crippen LogP contribution >= 0.6 is 22.9 Å². The Labute approximate surface area is 185 Å². The molecule has 1 aliphatic heterocycles. The molecule has 1 aliphatic rings. The molecule has 0 bridgehead atoms. The molecule has 2 aromatic heterocycles. The summed E-state index contributed by atoms with van der Waals surface area (Å²) in [7, 11) is -4.20. The van der Waals surface area contributed by atoms with Crippen molar-refractivity contribution >= 4 is 50.6 Å². The van der Waals surface area contributed by atoms with Crippen LogP contribution in [0.5, 0.6) is 11.5 Å². The number of hydrogen-bond acceptors (Lipinski definition) is 9. The zero-order valence-corrected chi connectivity index (χ0v) is 18.4. The lowest BCUT2D eigenvalue weighted by Gasteiger charge is -2.23. The third-order valence-electron chi connectivity index (χ3n) is 4.37. The molecule has 13 heteroatoms. The normalized spacial score (nSPS) is 12.5. The molecule has 4 rings (SSSR count). The number of benzene rings is 1. The van der Waals surface area contributed by atoms with Crippen LogP contribution in [-0.4, -0.2) is 26.4 Å². The Balaban J connectivity index is 1.89. The van der Waals surface area contributed by atoms with Crippen molar-refractivity contribution in [1.82, 2.24) is 9.88 Å². The second-order valence-corrected chi connectivity index (χ2v) is 9.20. The molecule has 0 fully saturated rings. The molecule has 2 amide bonds. The molecule has 0 spiro atoms. The van der Waals surface area contributed by atoms with E-state index in [1.54, 1.807) is 25.3 Å². The summed E-state index contributed by atoms with van der Waals surface area (Å²) in [5.74, 6) is 0.188. The highest BCUT2D eigenvalue weighted by Gasteiger charge is 2.35. The minimum absolute atomic E-state index is 0.0165. The molecule has 3 aromatic rings. The molecule has 31 heavy (non-hydrogen) atoms. The van der Waals surface area contributed by atoms with Gasteiger partial charge in [-0.3, -0.25) is 0 Å². The number of amides is 2. The van der Waals surface area contributed by atoms with Gasteiger partial charge in [-0.2, -0.15) is 16.6 Å². The molecule has 10 nitrogen and oxygen atoms in total. The highest BCUT2D eigenvalue weighted by molar-refractivity contribution is 7.90. The Kier molecular flexibility index (Phi) is 5.26. The van der Waals surface area contributed by atoms with Crippen molar-refractivity contribution < 1.29 is 27.2 Å². The highest BCUT2D eigenvalue weighted by Crippen LogP contribution is 2.46. The van der Waals surface area contributed by atoms with E-state index in [1.165, 1.54) is 11.4 Å². The summed E-state index contributed by atoms with van der Waals surface area (Å²) >= 11 is 7.42. The number of sulfonamides is 1. The molecular formula is C18H13ClN4O6S2. The van der Waals surface area contributed by atoms with Crippen molar-refractivity contribution in [2.24, 2.45) is 0 Å². The lowest BCUT2D eigenvalue weighted by Crippen LogP contribution is -2.41. The zero-order chi connectivity index (χ0) is 22.3. The SMILES string of the molecule is Cc1cc2c(c(C#N)c1N(C(=O)NS(=O)(=O)c1ccsc1)c1onc(C)c1Cl)OCO2. The Morgan fingerprint density at radius 2 is 2.16 bits per heavy atom. The second kappa shape index (κ2) is 7.77. The van der Waals surface area contributed by atoms with Gasteiger partial charge in [0.25, 0.3) is 15.9 Å². The molecule has 0 aliphatic carbocycles. The highest BCUT2D eigenvalue weighted by atomic mass is 35.5. The van der Waals surface area contributed by atoms with Gasteiger partial charge in [0, 0.05) is 5.38 Å². The van der Waals surface area contributed by atoms with Gasteiger partial charge in [0.1, 0.15) is 22.3 Å². The fourth-order valence-electron chi connectivity index (χ4n) is 2.96. The number of anilines is 2. The van der Waals surface area contributed by atoms with E-state index in [4.69, 9.17) is 25.6 Å². The first-order chi connectivity index (χ1) is 14.7. The standard InChI is InChI=1S/C18H13ClN4O6S2/c1-9-5-13-16(28-8-27-13)12(6-20)15(9)23(17-14(19)10(2)21-29-17)18(24)22-31(25,26)11-3-4-30-7-11/h3-5,7H,8H2,1-2H3,(H,22,24). The fourth-order valence-corrected chi connectivity index (χ4v) is 5.07. The summed E-state index contributed by atoms with van der Waals surface area (Å²) in [5.41, 5.74) is 0.643. The average Bonchev–Trinajstić information content (AvgIpc) is 3.46. The molecule has 0 saturated heterocycles. The third kappa shape index (κ3) is 3.56. The lowest BCUT2D eigenvalue weighted by molar-refractivity contribution is 0.173. The number of carbonyl (C=O) groups is 1. The monoisotopic (exact) mass is 480 g/mol. The quantitative estimate of drug-likeness (QED) is 0.595. The van der Waals surface area contributed by atoms with Crippen LogP contribution in [0, 0.1) is 25.2 Å². The van der Waals surface area contributed by atoms with Gasteiger partial charge in [0.15, 0.2) is 11.5 Å². The Morgan fingerprint density at radius 1 is 1.39 bits per heavy atom. The Bertz CT molecular complexity index is 1330. The molecular weight excluding hydrogens is 468 g/mol. The second-order valence-electron chi connectivity index (χ2n) is 6.35. The van der Waals surface area contributed by atoms with Crippen LogP contribution < -0.4 is 19.1 Å². The van der Waals surface area contributed by atoms with E-state index in [0.29, 0.717) is 11.3 Å². The first-order valence-corrected chi connectivity index (χ1v) is 11.4. The van der Waals surface area contributed by atoms with Crippen LogP contribution in [0.4, 0.5) is 16.4 Å². The number of carbonyl (C=O) groups excluding carboxylic acids is 1. The molecule has 0 radical (unpaired) electrons. The first-order valence-electron chi connectivity index (χ1n) is 8.58. The lowest BCUT2D eigenvalue weighted by atomic mass is 10.1. The number of aryl methyl sites for hydroxylation is 2. The van der Waals surface area contributed by atoms with Gasteiger partial charge in [0.2, 0.25) is 6.79 Å². The van der Waals surface area contributed by atoms with Crippen molar-refractivity contribution in [3.63, 3.8) is 0 Å². The number of rotatable bonds is 4. The predicted octanol–water partition coefficient (Wildman–Crippen LogP) is 3.84. The number of ether oxygens (including phenoxy) is 2. The van der Waals surface area contributed by atoms with Crippen molar-refractivity contribution in [2.75, 3.05) is 11.7 Å². The number of aromatic nitrogens is 1. The average molecular weight is 481 g/mol. The predicted molar refractivity (Wildman–Crippen MR) is 110 cm³/mol. The van der Waals surface area contributed by atoms with Gasteiger partial charge in [-0.25, -0.2) is 22.8 Å². The molecule has 160 valence electrons. The number of nitrogens with zero attached hydrogens (tertiary/aromatic N) is 3. The van der Waals surface area contributed by atoms with E-state index < -0.39 is 16.1 Å². The summed E-state index contributed by atoms with van der Waals surface area (Å²) in [4.78, 5) is 14.0. The minimum atomic E-state index is -4.20. The molecule has 1 N–H and O–H groups in total. The Hall–Kier alpha value is -3.27. The van der Waals surface area contributed by atoms with Crippen molar-refractivity contribution in [3.8, 4) is 17.6 Å². The molecule has 0 atom stereocenters. The number of thiophene rings is 1. The first kappa shape index (κ1) is 21.0. The smallest absolute Gasteiger partial charge is 0.342 e. The molecule has 0 saturated carbocycles. The maximum absolute atomic E-state index is 13.2. The van der Waals surface area contributed by atoms with Crippen LogP contribution in [0.3, 0.4) is 0 Å². The number of fused-ring (bicyclic) bond motifs is 1. The van der Waals surface area contributed by atoms with Crippen LogP contribution in [-0.2, 0) is 10.0 Å². The van der Waals surface area contributed by atoms with Gasteiger partial charge in [-0.05, 0) is 36.9 Å². The van der Waals surface area contributed by atoms with Crippen molar-refractivity contribution in [1.29, 1.82) is 5.26 Å². The van der Waals surface area contributed by atoms with Gasteiger partial charge in [-0.1, -0.05) is 16.8 Å². The molecule has 0 unspecified atom stereocenters. The molecule has 1 aromatic carbocycles. The summed E-state index contributed by atoms with van der Waals surface area (Å²) in [5, 5.41) is 16.4. The maximum atomic E-state index is 13.2.